The predicted octanol–water partition coefficient (Wildman–Crippen LogP) is 3.34. The van der Waals surface area contributed by atoms with E-state index in [2.05, 4.69) is 25.6 Å². The van der Waals surface area contributed by atoms with Gasteiger partial charge in [0.05, 0.1) is 29.6 Å². The molecule has 352 valence electrons. The van der Waals surface area contributed by atoms with Gasteiger partial charge in [0.15, 0.2) is 17.6 Å². The average Bonchev–Trinajstić information content (AvgIpc) is 3.70. The Hall–Kier alpha value is -6.91. The van der Waals surface area contributed by atoms with E-state index >= 15 is 8.78 Å². The van der Waals surface area contributed by atoms with Gasteiger partial charge in [-0.2, -0.15) is 17.5 Å². The van der Waals surface area contributed by atoms with Crippen molar-refractivity contribution in [3.63, 3.8) is 0 Å². The number of nitrogens with zero attached hydrogens (tertiary/aromatic N) is 7. The number of piperidine rings is 3. The Bertz CT molecular complexity index is 2800. The summed E-state index contributed by atoms with van der Waals surface area (Å²) in [5, 5.41) is 5.81. The minimum absolute atomic E-state index is 0.0119. The van der Waals surface area contributed by atoms with Gasteiger partial charge in [-0.15, -0.1) is 0 Å². The van der Waals surface area contributed by atoms with Gasteiger partial charge in [-0.25, -0.2) is 23.7 Å². The van der Waals surface area contributed by atoms with Crippen LogP contribution in [0.5, 0.6) is 5.75 Å². The van der Waals surface area contributed by atoms with E-state index in [1.54, 1.807) is 19.3 Å². The summed E-state index contributed by atoms with van der Waals surface area (Å²) >= 11 is 0. The maximum Gasteiger partial charge on any atom is 0.321 e. The van der Waals surface area contributed by atoms with Crippen LogP contribution in [0.15, 0.2) is 67.3 Å². The van der Waals surface area contributed by atoms with Crippen LogP contribution >= 0.6 is 0 Å². The van der Waals surface area contributed by atoms with Gasteiger partial charge < -0.3 is 24.7 Å². The van der Waals surface area contributed by atoms with Gasteiger partial charge in [0.2, 0.25) is 23.5 Å². The van der Waals surface area contributed by atoms with Crippen molar-refractivity contribution in [2.24, 2.45) is 0 Å². The van der Waals surface area contributed by atoms with E-state index in [0.29, 0.717) is 61.3 Å². The molecular weight excluding hydrogens is 895 g/mol. The van der Waals surface area contributed by atoms with Gasteiger partial charge >= 0.3 is 16.7 Å². The molecule has 2 aromatic carbocycles. The molecule has 3 aliphatic heterocycles. The van der Waals surface area contributed by atoms with Gasteiger partial charge in [-0.05, 0) is 67.5 Å². The highest BCUT2D eigenvalue weighted by Gasteiger charge is 2.31. The van der Waals surface area contributed by atoms with Crippen molar-refractivity contribution in [1.82, 2.24) is 39.5 Å². The van der Waals surface area contributed by atoms with E-state index in [0.717, 1.165) is 58.6 Å². The fourth-order valence-corrected chi connectivity index (χ4v) is 9.33. The van der Waals surface area contributed by atoms with E-state index < -0.39 is 50.9 Å². The third-order valence-electron chi connectivity index (χ3n) is 12.4. The molecular formula is C45H48F2N10O9S. The zero-order chi connectivity index (χ0) is 47.4. The summed E-state index contributed by atoms with van der Waals surface area (Å²) in [6.45, 7) is 4.53. The minimum atomic E-state index is -4.22. The van der Waals surface area contributed by atoms with Crippen LogP contribution in [0.4, 0.5) is 20.4 Å². The van der Waals surface area contributed by atoms with Crippen LogP contribution < -0.4 is 29.8 Å². The molecule has 0 bridgehead atoms. The molecule has 3 aromatic heterocycles. The average molecular weight is 943 g/mol. The Balaban J connectivity index is 0.844. The fourth-order valence-electron chi connectivity index (χ4n) is 8.40. The molecule has 0 aliphatic carbocycles. The number of aromatic nitrogens is 4. The fraction of sp³-hybridized carbons (Fsp3) is 0.378. The Morgan fingerprint density at radius 3 is 2.31 bits per heavy atom. The first-order valence-corrected chi connectivity index (χ1v) is 23.2. The first-order chi connectivity index (χ1) is 32.2. The number of anilines is 2. The number of carbonyl (C=O) groups is 5. The van der Waals surface area contributed by atoms with Gasteiger partial charge in [-0.3, -0.25) is 34.0 Å². The van der Waals surface area contributed by atoms with Crippen molar-refractivity contribution in [2.75, 3.05) is 55.9 Å². The number of hydrogen-bond donors (Lipinski definition) is 3. The zero-order valence-electron chi connectivity index (χ0n) is 36.6. The molecule has 3 saturated heterocycles. The summed E-state index contributed by atoms with van der Waals surface area (Å²) in [5.74, 6) is -3.15. The van der Waals surface area contributed by atoms with Crippen LogP contribution in [0.3, 0.4) is 0 Å². The van der Waals surface area contributed by atoms with Gasteiger partial charge in [0.1, 0.15) is 11.6 Å². The molecule has 3 fully saturated rings. The molecule has 22 heteroatoms. The number of carbonyl (C=O) groups excluding carboxylic acids is 5. The van der Waals surface area contributed by atoms with Crippen molar-refractivity contribution in [1.29, 1.82) is 0 Å². The smallest absolute Gasteiger partial charge is 0.321 e. The quantitative estimate of drug-likeness (QED) is 0.0733. The van der Waals surface area contributed by atoms with Crippen molar-refractivity contribution in [2.45, 2.75) is 63.5 Å². The standard InChI is InChI=1S/C45H48F2N10O9S/c1-3-54(2)67(63,64)53-36-9-8-35(46)40(41(36)47)42(61)34-25-57(65-26-58)43-33(34)20-29(21-49-43)30-22-50-45(51-23-30)56-18-14-31(15-19-56)48-24-39(60)55-16-12-28(13-17-55)27-4-6-32(7-5-27)66-37-10-11-38(59)52-44(37)62/h4-9,20-23,25-26,28,31,37,48,53H,3,10-19,24H2,1-2H3,(H,52,59,62). The monoisotopic (exact) mass is 942 g/mol. The number of ether oxygens (including phenoxy) is 1. The summed E-state index contributed by atoms with van der Waals surface area (Å²) < 4.78 is 65.8. The third-order valence-corrected chi connectivity index (χ3v) is 13.9. The molecule has 19 nitrogen and oxygen atoms in total. The summed E-state index contributed by atoms with van der Waals surface area (Å²) in [4.78, 5) is 84.3. The number of ketones is 1. The number of imide groups is 1. The lowest BCUT2D eigenvalue weighted by Gasteiger charge is -2.34. The van der Waals surface area contributed by atoms with Gasteiger partial charge in [-0.1, -0.05) is 19.1 Å². The number of amides is 3. The lowest BCUT2D eigenvalue weighted by molar-refractivity contribution is -0.139. The van der Waals surface area contributed by atoms with E-state index in [-0.39, 0.29) is 60.4 Å². The third kappa shape index (κ3) is 10.2. The molecule has 6 heterocycles. The molecule has 3 aliphatic rings. The molecule has 1 unspecified atom stereocenters. The molecule has 5 aromatic rings. The highest BCUT2D eigenvalue weighted by atomic mass is 32.2. The van der Waals surface area contributed by atoms with E-state index in [9.17, 15) is 32.4 Å². The van der Waals surface area contributed by atoms with E-state index in [1.165, 1.54) is 19.3 Å². The summed E-state index contributed by atoms with van der Waals surface area (Å²) in [6, 6.07) is 11.0. The van der Waals surface area contributed by atoms with Crippen molar-refractivity contribution in [3.05, 3.63) is 95.6 Å². The van der Waals surface area contributed by atoms with E-state index in [1.807, 2.05) is 38.8 Å². The van der Waals surface area contributed by atoms with Crippen LogP contribution in [-0.2, 0) is 29.4 Å². The minimum Gasteiger partial charge on any atom is -0.481 e. The number of fused-ring (bicyclic) bond motifs is 1. The second-order valence-electron chi connectivity index (χ2n) is 16.5. The Kier molecular flexibility index (Phi) is 13.8. The largest absolute Gasteiger partial charge is 0.481 e. The number of benzene rings is 2. The lowest BCUT2D eigenvalue weighted by atomic mass is 9.89. The predicted molar refractivity (Wildman–Crippen MR) is 239 cm³/mol. The first kappa shape index (κ1) is 46.6. The maximum atomic E-state index is 15.8. The normalized spacial score (nSPS) is 17.4. The Labute approximate surface area is 384 Å². The summed E-state index contributed by atoms with van der Waals surface area (Å²) in [6.07, 6.45) is 8.73. The highest BCUT2D eigenvalue weighted by Crippen LogP contribution is 2.32. The number of rotatable bonds is 16. The first-order valence-electron chi connectivity index (χ1n) is 21.8. The van der Waals surface area contributed by atoms with Crippen LogP contribution in [0.1, 0.15) is 72.9 Å². The van der Waals surface area contributed by atoms with Gasteiger partial charge in [0, 0.05) is 93.8 Å². The summed E-state index contributed by atoms with van der Waals surface area (Å²) in [5.41, 5.74) is 0.116. The molecule has 0 saturated carbocycles. The molecule has 0 spiro atoms. The molecule has 3 N–H and O–H groups in total. The number of pyridine rings is 1. The Morgan fingerprint density at radius 1 is 0.940 bits per heavy atom. The molecule has 1 atom stereocenters. The number of hydrogen-bond acceptors (Lipinski definition) is 14. The van der Waals surface area contributed by atoms with Crippen LogP contribution in [0.25, 0.3) is 22.2 Å². The molecule has 3 amide bonds. The highest BCUT2D eigenvalue weighted by molar-refractivity contribution is 7.90. The second-order valence-corrected chi connectivity index (χ2v) is 18.3. The SMILES string of the molecule is CCN(C)S(=O)(=O)Nc1ccc(F)c(C(=O)c2cn(OC=O)c3ncc(-c4cnc(N5CCC(NCC(=O)N6CCC(c7ccc(OC8CCC(=O)NC8=O)cc7)CC6)CC5)nc4)cc23)c1F. The molecule has 67 heavy (non-hydrogen) atoms. The lowest BCUT2D eigenvalue weighted by Crippen LogP contribution is -2.48. The van der Waals surface area contributed by atoms with Crippen molar-refractivity contribution in [3.8, 4) is 16.9 Å². The maximum absolute atomic E-state index is 15.8. The zero-order valence-corrected chi connectivity index (χ0v) is 37.4. The van der Waals surface area contributed by atoms with Crippen LogP contribution in [-0.4, -0.2) is 126 Å². The van der Waals surface area contributed by atoms with Crippen molar-refractivity contribution < 1.29 is 50.7 Å². The Morgan fingerprint density at radius 2 is 1.64 bits per heavy atom. The molecule has 0 radical (unpaired) electrons. The molecule has 8 rings (SSSR count). The summed E-state index contributed by atoms with van der Waals surface area (Å²) in [7, 11) is -2.96. The topological polar surface area (TPSA) is 227 Å². The van der Waals surface area contributed by atoms with E-state index in [4.69, 9.17) is 9.57 Å². The second kappa shape index (κ2) is 19.9. The van der Waals surface area contributed by atoms with Gasteiger partial charge in [0.25, 0.3) is 5.91 Å². The number of likely N-dealkylation sites (tertiary alicyclic amines) is 1. The number of nitrogens with one attached hydrogen (secondary N) is 3. The van der Waals surface area contributed by atoms with Crippen LogP contribution in [0.2, 0.25) is 0 Å². The number of halogens is 2. The van der Waals surface area contributed by atoms with Crippen LogP contribution in [0, 0.1) is 11.6 Å². The van der Waals surface area contributed by atoms with Crippen molar-refractivity contribution >= 4 is 62.9 Å².